The zero-order valence-electron chi connectivity index (χ0n) is 11.9. The Bertz CT molecular complexity index is 560. The second kappa shape index (κ2) is 6.05. The Morgan fingerprint density at radius 2 is 2.05 bits per heavy atom. The van der Waals surface area contributed by atoms with Gasteiger partial charge in [-0.3, -0.25) is 14.9 Å². The van der Waals surface area contributed by atoms with Gasteiger partial charge in [-0.1, -0.05) is 13.3 Å². The summed E-state index contributed by atoms with van der Waals surface area (Å²) in [7, 11) is 0. The van der Waals surface area contributed by atoms with Crippen molar-refractivity contribution in [3.8, 4) is 0 Å². The van der Waals surface area contributed by atoms with Crippen LogP contribution in [0.2, 0.25) is 0 Å². The van der Waals surface area contributed by atoms with E-state index in [2.05, 4.69) is 0 Å². The van der Waals surface area contributed by atoms with Gasteiger partial charge in [0.15, 0.2) is 0 Å². The molecule has 1 N–H and O–H groups in total. The van der Waals surface area contributed by atoms with Crippen molar-refractivity contribution in [2.75, 3.05) is 13.1 Å². The first-order chi connectivity index (χ1) is 9.93. The van der Waals surface area contributed by atoms with Crippen LogP contribution >= 0.6 is 0 Å². The third-order valence-electron chi connectivity index (χ3n) is 3.52. The van der Waals surface area contributed by atoms with E-state index in [0.717, 1.165) is 12.0 Å². The fourth-order valence-electron chi connectivity index (χ4n) is 2.42. The SMILES string of the molecule is CCCC1(O)CN(C(=O)C=Cc2ccc([N+](=O)[O-])cc2)C1. The van der Waals surface area contributed by atoms with Gasteiger partial charge < -0.3 is 10.0 Å². The van der Waals surface area contributed by atoms with Gasteiger partial charge in [0.05, 0.1) is 23.6 Å². The third-order valence-corrected chi connectivity index (χ3v) is 3.52. The van der Waals surface area contributed by atoms with Gasteiger partial charge >= 0.3 is 0 Å². The Morgan fingerprint density at radius 3 is 2.57 bits per heavy atom. The molecule has 1 aliphatic rings. The Morgan fingerprint density at radius 1 is 1.43 bits per heavy atom. The van der Waals surface area contributed by atoms with E-state index < -0.39 is 10.5 Å². The fraction of sp³-hybridized carbons (Fsp3) is 0.400. The lowest BCUT2D eigenvalue weighted by atomic mass is 9.89. The molecule has 1 aromatic carbocycles. The van der Waals surface area contributed by atoms with E-state index in [1.54, 1.807) is 23.1 Å². The van der Waals surface area contributed by atoms with Gasteiger partial charge in [-0.2, -0.15) is 0 Å². The Labute approximate surface area is 122 Å². The number of amides is 1. The van der Waals surface area contributed by atoms with E-state index in [9.17, 15) is 20.0 Å². The van der Waals surface area contributed by atoms with Crippen molar-refractivity contribution < 1.29 is 14.8 Å². The maximum Gasteiger partial charge on any atom is 0.269 e. The van der Waals surface area contributed by atoms with Crippen molar-refractivity contribution in [2.24, 2.45) is 0 Å². The summed E-state index contributed by atoms with van der Waals surface area (Å²) in [5.41, 5.74) is 0.00940. The molecular weight excluding hydrogens is 272 g/mol. The van der Waals surface area contributed by atoms with Crippen LogP contribution in [-0.2, 0) is 4.79 Å². The Hall–Kier alpha value is -2.21. The number of β-amino-alcohol motifs (C(OH)–C–C–N with tert-alkyl or cyclic N) is 1. The number of nitro benzene ring substituents is 1. The summed E-state index contributed by atoms with van der Waals surface area (Å²) in [5.74, 6) is -0.158. The van der Waals surface area contributed by atoms with Crippen molar-refractivity contribution in [1.82, 2.24) is 4.90 Å². The summed E-state index contributed by atoms with van der Waals surface area (Å²) in [6.45, 7) is 2.73. The van der Waals surface area contributed by atoms with E-state index in [0.29, 0.717) is 19.5 Å². The zero-order chi connectivity index (χ0) is 15.5. The Kier molecular flexibility index (Phi) is 4.37. The molecule has 0 atom stereocenters. The lowest BCUT2D eigenvalue weighted by Crippen LogP contribution is -2.63. The molecule has 0 aliphatic carbocycles. The van der Waals surface area contributed by atoms with Crippen molar-refractivity contribution >= 4 is 17.7 Å². The molecule has 21 heavy (non-hydrogen) atoms. The fourth-order valence-corrected chi connectivity index (χ4v) is 2.42. The van der Waals surface area contributed by atoms with Crippen LogP contribution in [0.4, 0.5) is 5.69 Å². The number of non-ortho nitro benzene ring substituents is 1. The zero-order valence-corrected chi connectivity index (χ0v) is 11.9. The molecule has 112 valence electrons. The van der Waals surface area contributed by atoms with Gasteiger partial charge in [-0.25, -0.2) is 0 Å². The van der Waals surface area contributed by atoms with Crippen molar-refractivity contribution in [3.05, 3.63) is 46.0 Å². The lowest BCUT2D eigenvalue weighted by Gasteiger charge is -2.46. The van der Waals surface area contributed by atoms with Crippen LogP contribution in [0.15, 0.2) is 30.3 Å². The topological polar surface area (TPSA) is 83.7 Å². The molecule has 1 fully saturated rings. The van der Waals surface area contributed by atoms with Crippen LogP contribution in [0, 0.1) is 10.1 Å². The third kappa shape index (κ3) is 3.66. The number of aliphatic hydroxyl groups is 1. The smallest absolute Gasteiger partial charge is 0.269 e. The predicted octanol–water partition coefficient (Wildman–Crippen LogP) is 1.98. The number of benzene rings is 1. The maximum absolute atomic E-state index is 11.9. The molecule has 0 aromatic heterocycles. The summed E-state index contributed by atoms with van der Waals surface area (Å²) in [5, 5.41) is 20.5. The molecule has 1 aromatic rings. The highest BCUT2D eigenvalue weighted by Gasteiger charge is 2.41. The number of hydrogen-bond donors (Lipinski definition) is 1. The van der Waals surface area contributed by atoms with Crippen LogP contribution in [0.5, 0.6) is 0 Å². The van der Waals surface area contributed by atoms with E-state index >= 15 is 0 Å². The second-order valence-corrected chi connectivity index (χ2v) is 5.35. The number of carbonyl (C=O) groups is 1. The normalized spacial score (nSPS) is 16.8. The van der Waals surface area contributed by atoms with Gasteiger partial charge in [0.2, 0.25) is 5.91 Å². The average Bonchev–Trinajstić information content (AvgIpc) is 2.42. The molecule has 0 unspecified atom stereocenters. The quantitative estimate of drug-likeness (QED) is 0.510. The van der Waals surface area contributed by atoms with Crippen LogP contribution in [-0.4, -0.2) is 39.5 Å². The number of hydrogen-bond acceptors (Lipinski definition) is 4. The standard InChI is InChI=1S/C15H18N2O4/c1-2-9-15(19)10-16(11-15)14(18)8-5-12-3-6-13(7-4-12)17(20)21/h3-8,19H,2,9-11H2,1H3. The monoisotopic (exact) mass is 290 g/mol. The minimum Gasteiger partial charge on any atom is -0.386 e. The highest BCUT2D eigenvalue weighted by atomic mass is 16.6. The van der Waals surface area contributed by atoms with Crippen molar-refractivity contribution in [1.29, 1.82) is 0 Å². The molecule has 0 spiro atoms. The minimum absolute atomic E-state index is 0.0193. The highest BCUT2D eigenvalue weighted by molar-refractivity contribution is 5.92. The molecule has 1 heterocycles. The first-order valence-electron chi connectivity index (χ1n) is 6.87. The van der Waals surface area contributed by atoms with Crippen LogP contribution < -0.4 is 0 Å². The van der Waals surface area contributed by atoms with Crippen molar-refractivity contribution in [2.45, 2.75) is 25.4 Å². The molecule has 0 saturated carbocycles. The molecule has 6 nitrogen and oxygen atoms in total. The van der Waals surface area contributed by atoms with Gasteiger partial charge in [0.1, 0.15) is 0 Å². The van der Waals surface area contributed by atoms with Crippen molar-refractivity contribution in [3.63, 3.8) is 0 Å². The minimum atomic E-state index is -0.731. The number of rotatable bonds is 5. The van der Waals surface area contributed by atoms with Gasteiger partial charge in [0.25, 0.3) is 5.69 Å². The summed E-state index contributed by atoms with van der Waals surface area (Å²) in [6, 6.07) is 5.97. The molecule has 1 amide bonds. The molecule has 1 aliphatic heterocycles. The summed E-state index contributed by atoms with van der Waals surface area (Å²) >= 11 is 0. The molecule has 6 heteroatoms. The molecular formula is C15H18N2O4. The van der Waals surface area contributed by atoms with E-state index in [1.165, 1.54) is 18.2 Å². The lowest BCUT2D eigenvalue weighted by molar-refractivity contribution is -0.384. The van der Waals surface area contributed by atoms with Gasteiger partial charge in [-0.15, -0.1) is 0 Å². The predicted molar refractivity (Wildman–Crippen MR) is 78.6 cm³/mol. The number of likely N-dealkylation sites (tertiary alicyclic amines) is 1. The Balaban J connectivity index is 1.90. The first-order valence-corrected chi connectivity index (χ1v) is 6.87. The van der Waals surface area contributed by atoms with Gasteiger partial charge in [0, 0.05) is 18.2 Å². The summed E-state index contributed by atoms with van der Waals surface area (Å²) < 4.78 is 0. The molecule has 0 bridgehead atoms. The largest absolute Gasteiger partial charge is 0.386 e. The summed E-state index contributed by atoms with van der Waals surface area (Å²) in [4.78, 5) is 23.5. The van der Waals surface area contributed by atoms with E-state index in [1.807, 2.05) is 6.92 Å². The van der Waals surface area contributed by atoms with Crippen LogP contribution in [0.1, 0.15) is 25.3 Å². The van der Waals surface area contributed by atoms with E-state index in [4.69, 9.17) is 0 Å². The molecule has 2 rings (SSSR count). The summed E-state index contributed by atoms with van der Waals surface area (Å²) in [6.07, 6.45) is 4.62. The number of nitrogens with zero attached hydrogens (tertiary/aromatic N) is 2. The molecule has 0 radical (unpaired) electrons. The number of carbonyl (C=O) groups excluding carboxylic acids is 1. The maximum atomic E-state index is 11.9. The van der Waals surface area contributed by atoms with Crippen LogP contribution in [0.25, 0.3) is 6.08 Å². The first kappa shape index (κ1) is 15.2. The molecule has 1 saturated heterocycles. The second-order valence-electron chi connectivity index (χ2n) is 5.35. The van der Waals surface area contributed by atoms with E-state index in [-0.39, 0.29) is 11.6 Å². The highest BCUT2D eigenvalue weighted by Crippen LogP contribution is 2.26. The number of nitro groups is 1. The average molecular weight is 290 g/mol. The van der Waals surface area contributed by atoms with Gasteiger partial charge in [-0.05, 0) is 30.2 Å². The van der Waals surface area contributed by atoms with Crippen LogP contribution in [0.3, 0.4) is 0 Å².